The number of nitrogens with one attached hydrogen (secondary N) is 1. The van der Waals surface area contributed by atoms with Crippen LogP contribution in [0.2, 0.25) is 0 Å². The van der Waals surface area contributed by atoms with Crippen LogP contribution in [0.1, 0.15) is 18.2 Å². The molecule has 0 aliphatic rings. The monoisotopic (exact) mass is 322 g/mol. The second-order valence-corrected chi connectivity index (χ2v) is 6.14. The van der Waals surface area contributed by atoms with Gasteiger partial charge in [0.15, 0.2) is 0 Å². The largest absolute Gasteiger partial charge is 0.326 e. The second-order valence-electron chi connectivity index (χ2n) is 5.29. The van der Waals surface area contributed by atoms with E-state index in [0.717, 1.165) is 28.4 Å². The fraction of sp³-hybridized carbons (Fsp3) is 0.158. The number of anilines is 1. The van der Waals surface area contributed by atoms with Crippen LogP contribution in [-0.2, 0) is 17.6 Å². The Kier molecular flexibility index (Phi) is 4.83. The van der Waals surface area contributed by atoms with Gasteiger partial charge >= 0.3 is 0 Å². The maximum Gasteiger partial charge on any atom is 0.230 e. The van der Waals surface area contributed by atoms with Gasteiger partial charge in [-0.1, -0.05) is 49.4 Å². The Hall–Kier alpha value is -2.46. The zero-order valence-electron chi connectivity index (χ0n) is 13.0. The summed E-state index contributed by atoms with van der Waals surface area (Å²) in [6, 6.07) is 17.9. The van der Waals surface area contributed by atoms with Gasteiger partial charge in [0.25, 0.3) is 0 Å². The van der Waals surface area contributed by atoms with Gasteiger partial charge in [-0.3, -0.25) is 4.79 Å². The van der Waals surface area contributed by atoms with Crippen molar-refractivity contribution in [2.45, 2.75) is 19.8 Å². The molecule has 0 atom stereocenters. The third-order valence-corrected chi connectivity index (χ3v) is 4.50. The molecular weight excluding hydrogens is 304 g/mol. The van der Waals surface area contributed by atoms with E-state index < -0.39 is 0 Å². The molecule has 0 saturated heterocycles. The number of amides is 1. The summed E-state index contributed by atoms with van der Waals surface area (Å²) in [6.07, 6.45) is 1.32. The first-order valence-electron chi connectivity index (χ1n) is 7.63. The second kappa shape index (κ2) is 7.20. The van der Waals surface area contributed by atoms with Crippen molar-refractivity contribution >= 4 is 22.9 Å². The Balaban J connectivity index is 1.65. The topological polar surface area (TPSA) is 42.0 Å². The number of carbonyl (C=O) groups is 1. The van der Waals surface area contributed by atoms with Gasteiger partial charge in [0.2, 0.25) is 5.91 Å². The van der Waals surface area contributed by atoms with Crippen molar-refractivity contribution in [1.82, 2.24) is 4.98 Å². The molecule has 1 amide bonds. The van der Waals surface area contributed by atoms with Gasteiger partial charge in [0.1, 0.15) is 5.01 Å². The third kappa shape index (κ3) is 4.05. The average molecular weight is 322 g/mol. The molecule has 0 unspecified atom stereocenters. The molecule has 1 heterocycles. The Labute approximate surface area is 140 Å². The molecule has 1 aromatic heterocycles. The molecule has 3 nitrogen and oxygen atoms in total. The highest BCUT2D eigenvalue weighted by atomic mass is 32.1. The van der Waals surface area contributed by atoms with Crippen molar-refractivity contribution in [2.75, 3.05) is 5.32 Å². The molecule has 23 heavy (non-hydrogen) atoms. The molecule has 1 N–H and O–H groups in total. The van der Waals surface area contributed by atoms with E-state index in [4.69, 9.17) is 0 Å². The number of thiazole rings is 1. The number of rotatable bonds is 5. The molecule has 0 saturated carbocycles. The number of aryl methyl sites for hydroxylation is 1. The van der Waals surface area contributed by atoms with E-state index in [1.54, 1.807) is 11.3 Å². The van der Waals surface area contributed by atoms with Crippen LogP contribution in [0.3, 0.4) is 0 Å². The van der Waals surface area contributed by atoms with Crippen molar-refractivity contribution in [3.63, 3.8) is 0 Å². The van der Waals surface area contributed by atoms with Crippen LogP contribution < -0.4 is 5.32 Å². The Morgan fingerprint density at radius 3 is 2.52 bits per heavy atom. The first-order chi connectivity index (χ1) is 11.2. The molecule has 0 fully saturated rings. The van der Waals surface area contributed by atoms with Crippen molar-refractivity contribution in [3.05, 3.63) is 71.2 Å². The first kappa shape index (κ1) is 15.4. The quantitative estimate of drug-likeness (QED) is 0.748. The molecule has 0 spiro atoms. The van der Waals surface area contributed by atoms with Gasteiger partial charge in [0.05, 0.1) is 12.1 Å². The van der Waals surface area contributed by atoms with Crippen molar-refractivity contribution < 1.29 is 4.79 Å². The van der Waals surface area contributed by atoms with Gasteiger partial charge in [-0.25, -0.2) is 4.98 Å². The number of hydrogen-bond acceptors (Lipinski definition) is 3. The van der Waals surface area contributed by atoms with Gasteiger partial charge in [0, 0.05) is 16.6 Å². The highest BCUT2D eigenvalue weighted by molar-refractivity contribution is 7.13. The molecule has 0 radical (unpaired) electrons. The van der Waals surface area contributed by atoms with Crippen LogP contribution in [0, 0.1) is 0 Å². The molecule has 4 heteroatoms. The molecule has 116 valence electrons. The molecule has 0 aliphatic heterocycles. The number of benzene rings is 2. The van der Waals surface area contributed by atoms with Gasteiger partial charge < -0.3 is 5.32 Å². The SMILES string of the molecule is CCc1ccc(-c2nc(CC(=O)Nc3ccccc3)cs2)cc1. The summed E-state index contributed by atoms with van der Waals surface area (Å²) < 4.78 is 0. The van der Waals surface area contributed by atoms with E-state index in [0.29, 0.717) is 6.42 Å². The van der Waals surface area contributed by atoms with E-state index in [2.05, 4.69) is 41.5 Å². The van der Waals surface area contributed by atoms with Crippen LogP contribution in [0.4, 0.5) is 5.69 Å². The fourth-order valence-electron chi connectivity index (χ4n) is 2.29. The molecule has 3 rings (SSSR count). The Morgan fingerprint density at radius 1 is 1.09 bits per heavy atom. The Bertz CT molecular complexity index is 779. The van der Waals surface area contributed by atoms with Gasteiger partial charge in [-0.05, 0) is 24.1 Å². The van der Waals surface area contributed by atoms with Crippen LogP contribution >= 0.6 is 11.3 Å². The van der Waals surface area contributed by atoms with Crippen LogP contribution in [0.25, 0.3) is 10.6 Å². The molecule has 2 aromatic carbocycles. The van der Waals surface area contributed by atoms with E-state index in [1.807, 2.05) is 35.7 Å². The summed E-state index contributed by atoms with van der Waals surface area (Å²) in [5, 5.41) is 5.79. The van der Waals surface area contributed by atoms with Crippen LogP contribution in [0.5, 0.6) is 0 Å². The van der Waals surface area contributed by atoms with Crippen LogP contribution in [0.15, 0.2) is 60.0 Å². The summed E-state index contributed by atoms with van der Waals surface area (Å²) in [4.78, 5) is 16.6. The van der Waals surface area contributed by atoms with Crippen molar-refractivity contribution in [2.24, 2.45) is 0 Å². The standard InChI is InChI=1S/C19H18N2OS/c1-2-14-8-10-15(11-9-14)19-21-17(13-23-19)12-18(22)20-16-6-4-3-5-7-16/h3-11,13H,2,12H2,1H3,(H,20,22). The Morgan fingerprint density at radius 2 is 1.83 bits per heavy atom. The lowest BCUT2D eigenvalue weighted by Crippen LogP contribution is -2.14. The number of nitrogens with zero attached hydrogens (tertiary/aromatic N) is 1. The van der Waals surface area contributed by atoms with E-state index in [1.165, 1.54) is 5.56 Å². The minimum absolute atomic E-state index is 0.0469. The molecule has 3 aromatic rings. The van der Waals surface area contributed by atoms with E-state index in [9.17, 15) is 4.79 Å². The normalized spacial score (nSPS) is 10.5. The maximum absolute atomic E-state index is 12.1. The lowest BCUT2D eigenvalue weighted by molar-refractivity contribution is -0.115. The minimum Gasteiger partial charge on any atom is -0.326 e. The number of hydrogen-bond donors (Lipinski definition) is 1. The first-order valence-corrected chi connectivity index (χ1v) is 8.51. The average Bonchev–Trinajstić information content (AvgIpc) is 3.04. The van der Waals surface area contributed by atoms with Crippen LogP contribution in [-0.4, -0.2) is 10.9 Å². The molecular formula is C19H18N2OS. The van der Waals surface area contributed by atoms with Gasteiger partial charge in [-0.2, -0.15) is 0 Å². The predicted octanol–water partition coefficient (Wildman–Crippen LogP) is 4.55. The maximum atomic E-state index is 12.1. The number of carbonyl (C=O) groups excluding carboxylic acids is 1. The van der Waals surface area contributed by atoms with Crippen molar-refractivity contribution in [1.29, 1.82) is 0 Å². The minimum atomic E-state index is -0.0469. The lowest BCUT2D eigenvalue weighted by Gasteiger charge is -2.03. The summed E-state index contributed by atoms with van der Waals surface area (Å²) in [6.45, 7) is 2.14. The number of aromatic nitrogens is 1. The zero-order valence-corrected chi connectivity index (χ0v) is 13.8. The third-order valence-electron chi connectivity index (χ3n) is 3.56. The summed E-state index contributed by atoms with van der Waals surface area (Å²) in [7, 11) is 0. The molecule has 0 bridgehead atoms. The fourth-order valence-corrected chi connectivity index (χ4v) is 3.12. The summed E-state index contributed by atoms with van der Waals surface area (Å²) >= 11 is 1.57. The highest BCUT2D eigenvalue weighted by Crippen LogP contribution is 2.24. The predicted molar refractivity (Wildman–Crippen MR) is 95.7 cm³/mol. The molecule has 0 aliphatic carbocycles. The van der Waals surface area contributed by atoms with E-state index in [-0.39, 0.29) is 5.91 Å². The van der Waals surface area contributed by atoms with Crippen molar-refractivity contribution in [3.8, 4) is 10.6 Å². The summed E-state index contributed by atoms with van der Waals surface area (Å²) in [5.41, 5.74) is 4.02. The smallest absolute Gasteiger partial charge is 0.230 e. The van der Waals surface area contributed by atoms with E-state index >= 15 is 0 Å². The number of para-hydroxylation sites is 1. The lowest BCUT2D eigenvalue weighted by atomic mass is 10.1. The zero-order chi connectivity index (χ0) is 16.1. The van der Waals surface area contributed by atoms with Gasteiger partial charge in [-0.15, -0.1) is 11.3 Å². The summed E-state index contributed by atoms with van der Waals surface area (Å²) in [5.74, 6) is -0.0469. The highest BCUT2D eigenvalue weighted by Gasteiger charge is 2.09.